The van der Waals surface area contributed by atoms with E-state index in [9.17, 15) is 14.0 Å². The number of hydrogen-bond donors (Lipinski definition) is 3. The molecule has 5 N–H and O–H groups in total. The number of aryl methyl sites for hydroxylation is 1. The molecule has 2 amide bonds. The van der Waals surface area contributed by atoms with Gasteiger partial charge in [0.15, 0.2) is 0 Å². The van der Waals surface area contributed by atoms with Crippen molar-refractivity contribution in [2.45, 2.75) is 6.92 Å². The van der Waals surface area contributed by atoms with Gasteiger partial charge in [-0.05, 0) is 43.3 Å². The van der Waals surface area contributed by atoms with E-state index in [1.165, 1.54) is 24.4 Å². The van der Waals surface area contributed by atoms with Crippen molar-refractivity contribution in [1.29, 1.82) is 0 Å². The molecule has 1 aromatic heterocycles. The van der Waals surface area contributed by atoms with Crippen LogP contribution in [0, 0.1) is 24.6 Å². The normalized spacial score (nSPS) is 10.0. The summed E-state index contributed by atoms with van der Waals surface area (Å²) in [5.41, 5.74) is 13.4. The number of pyridine rings is 1. The van der Waals surface area contributed by atoms with Crippen LogP contribution in [-0.4, -0.2) is 16.8 Å². The quantitative estimate of drug-likeness (QED) is 0.599. The van der Waals surface area contributed by atoms with Crippen LogP contribution in [0.5, 0.6) is 0 Å². The number of hydrogen-bond acceptors (Lipinski definition) is 4. The van der Waals surface area contributed by atoms with Crippen LogP contribution in [0.15, 0.2) is 54.7 Å². The predicted octanol–water partition coefficient (Wildman–Crippen LogP) is 2.86. The molecule has 3 aromatic rings. The smallest absolute Gasteiger partial charge is 0.258 e. The minimum atomic E-state index is -0.631. The molecule has 1 heterocycles. The number of anilines is 2. The number of rotatable bonds is 3. The highest BCUT2D eigenvalue weighted by Gasteiger charge is 2.12. The van der Waals surface area contributed by atoms with Gasteiger partial charge in [0, 0.05) is 17.4 Å². The maximum Gasteiger partial charge on any atom is 0.258 e. The summed E-state index contributed by atoms with van der Waals surface area (Å²) in [5.74, 6) is 4.11. The molecular weight excluding hydrogens is 371 g/mol. The first kappa shape index (κ1) is 19.6. The van der Waals surface area contributed by atoms with Crippen molar-refractivity contribution in [3.05, 3.63) is 88.4 Å². The Bertz CT molecular complexity index is 1180. The zero-order chi connectivity index (χ0) is 21.0. The van der Waals surface area contributed by atoms with Crippen LogP contribution >= 0.6 is 0 Å². The minimum absolute atomic E-state index is 0.0383. The van der Waals surface area contributed by atoms with Gasteiger partial charge in [0.1, 0.15) is 11.6 Å². The summed E-state index contributed by atoms with van der Waals surface area (Å²) in [4.78, 5) is 27.5. The third-order valence-corrected chi connectivity index (χ3v) is 4.03. The van der Waals surface area contributed by atoms with Gasteiger partial charge >= 0.3 is 0 Å². The highest BCUT2D eigenvalue weighted by Crippen LogP contribution is 2.15. The molecule has 0 aliphatic rings. The Hall–Kier alpha value is -4.18. The van der Waals surface area contributed by atoms with Gasteiger partial charge in [-0.3, -0.25) is 9.59 Å². The summed E-state index contributed by atoms with van der Waals surface area (Å²) in [5, 5.41) is 2.66. The zero-order valence-corrected chi connectivity index (χ0v) is 15.5. The Labute approximate surface area is 166 Å². The number of nitrogen functional groups attached to an aromatic ring is 1. The van der Waals surface area contributed by atoms with Crippen molar-refractivity contribution in [3.63, 3.8) is 0 Å². The highest BCUT2D eigenvalue weighted by molar-refractivity contribution is 6.04. The molecule has 0 bridgehead atoms. The number of benzene rings is 2. The van der Waals surface area contributed by atoms with E-state index in [2.05, 4.69) is 22.1 Å². The molecule has 0 fully saturated rings. The van der Waals surface area contributed by atoms with Crippen LogP contribution in [-0.2, 0) is 0 Å². The Kier molecular flexibility index (Phi) is 5.56. The second kappa shape index (κ2) is 8.23. The topological polar surface area (TPSA) is 111 Å². The van der Waals surface area contributed by atoms with Crippen LogP contribution in [0.2, 0.25) is 0 Å². The van der Waals surface area contributed by atoms with Crippen molar-refractivity contribution in [2.75, 3.05) is 11.1 Å². The number of nitrogens with zero attached hydrogens (tertiary/aromatic N) is 1. The van der Waals surface area contributed by atoms with Gasteiger partial charge in [-0.25, -0.2) is 9.37 Å². The van der Waals surface area contributed by atoms with Gasteiger partial charge in [0.05, 0.1) is 16.7 Å². The van der Waals surface area contributed by atoms with Crippen LogP contribution in [0.1, 0.15) is 37.4 Å². The van der Waals surface area contributed by atoms with Gasteiger partial charge in [0.25, 0.3) is 5.91 Å². The highest BCUT2D eigenvalue weighted by atomic mass is 19.1. The monoisotopic (exact) mass is 388 g/mol. The number of aromatic nitrogens is 1. The molecule has 0 aliphatic carbocycles. The lowest BCUT2D eigenvalue weighted by Gasteiger charge is -2.07. The second-order valence-corrected chi connectivity index (χ2v) is 6.29. The summed E-state index contributed by atoms with van der Waals surface area (Å²) in [6.07, 6.45) is 1.28. The summed E-state index contributed by atoms with van der Waals surface area (Å²) in [6, 6.07) is 12.5. The predicted molar refractivity (Wildman–Crippen MR) is 109 cm³/mol. The Morgan fingerprint density at radius 1 is 1.10 bits per heavy atom. The number of nitrogens with two attached hydrogens (primary N) is 2. The van der Waals surface area contributed by atoms with Crippen molar-refractivity contribution >= 4 is 23.3 Å². The molecule has 2 aromatic carbocycles. The Morgan fingerprint density at radius 3 is 2.66 bits per heavy atom. The van der Waals surface area contributed by atoms with Crippen molar-refractivity contribution in [2.24, 2.45) is 5.73 Å². The second-order valence-electron chi connectivity index (χ2n) is 6.29. The molecule has 7 heteroatoms. The Balaban J connectivity index is 1.84. The Morgan fingerprint density at radius 2 is 1.90 bits per heavy atom. The van der Waals surface area contributed by atoms with Crippen LogP contribution in [0.4, 0.5) is 15.9 Å². The zero-order valence-electron chi connectivity index (χ0n) is 15.5. The van der Waals surface area contributed by atoms with Crippen LogP contribution < -0.4 is 16.8 Å². The van der Waals surface area contributed by atoms with Crippen molar-refractivity contribution < 1.29 is 14.0 Å². The fourth-order valence-corrected chi connectivity index (χ4v) is 2.54. The first-order valence-corrected chi connectivity index (χ1v) is 8.58. The lowest BCUT2D eigenvalue weighted by Crippen LogP contribution is -2.14. The lowest BCUT2D eigenvalue weighted by atomic mass is 10.1. The summed E-state index contributed by atoms with van der Waals surface area (Å²) in [6.45, 7) is 1.78. The third kappa shape index (κ3) is 4.76. The largest absolute Gasteiger partial charge is 0.383 e. The molecule has 0 radical (unpaired) electrons. The summed E-state index contributed by atoms with van der Waals surface area (Å²) < 4.78 is 13.9. The van der Waals surface area contributed by atoms with E-state index in [4.69, 9.17) is 11.5 Å². The first-order chi connectivity index (χ1) is 13.8. The maximum absolute atomic E-state index is 13.9. The van der Waals surface area contributed by atoms with Crippen molar-refractivity contribution in [1.82, 2.24) is 4.98 Å². The molecule has 0 saturated carbocycles. The maximum atomic E-state index is 13.9. The van der Waals surface area contributed by atoms with Crippen LogP contribution in [0.3, 0.4) is 0 Å². The number of carbonyl (C=O) groups excluding carboxylic acids is 2. The molecule has 0 saturated heterocycles. The average Bonchev–Trinajstić information content (AvgIpc) is 2.69. The first-order valence-electron chi connectivity index (χ1n) is 8.58. The number of nitrogens with one attached hydrogen (secondary N) is 1. The van der Waals surface area contributed by atoms with E-state index in [1.807, 2.05) is 0 Å². The van der Waals surface area contributed by atoms with Gasteiger partial charge in [0.2, 0.25) is 5.91 Å². The third-order valence-electron chi connectivity index (χ3n) is 4.03. The van der Waals surface area contributed by atoms with E-state index in [-0.39, 0.29) is 16.9 Å². The molecule has 0 aliphatic heterocycles. The average molecular weight is 388 g/mol. The molecular formula is C22H17FN4O2. The van der Waals surface area contributed by atoms with E-state index in [1.54, 1.807) is 37.3 Å². The fraction of sp³-hybridized carbons (Fsp3) is 0.0455. The number of carbonyl (C=O) groups is 2. The molecule has 6 nitrogen and oxygen atoms in total. The van der Waals surface area contributed by atoms with E-state index >= 15 is 0 Å². The molecule has 0 unspecified atom stereocenters. The van der Waals surface area contributed by atoms with Gasteiger partial charge < -0.3 is 16.8 Å². The lowest BCUT2D eigenvalue weighted by molar-refractivity contribution is 0.0996. The van der Waals surface area contributed by atoms with E-state index < -0.39 is 17.6 Å². The van der Waals surface area contributed by atoms with E-state index in [0.29, 0.717) is 16.8 Å². The number of amides is 2. The van der Waals surface area contributed by atoms with Gasteiger partial charge in [-0.2, -0.15) is 0 Å². The number of primary amides is 1. The van der Waals surface area contributed by atoms with Gasteiger partial charge in [-0.1, -0.05) is 29.5 Å². The molecule has 144 valence electrons. The SMILES string of the molecule is Cc1ccc(F)c(C(=O)Nc2cccc(C#Cc3cc(C(N)=O)cnc3N)c2)c1. The molecule has 29 heavy (non-hydrogen) atoms. The van der Waals surface area contributed by atoms with Crippen molar-refractivity contribution in [3.8, 4) is 11.8 Å². The number of halogens is 1. The molecule has 0 spiro atoms. The molecule has 0 atom stereocenters. The summed E-state index contributed by atoms with van der Waals surface area (Å²) in [7, 11) is 0. The summed E-state index contributed by atoms with van der Waals surface area (Å²) >= 11 is 0. The van der Waals surface area contributed by atoms with Crippen LogP contribution in [0.25, 0.3) is 0 Å². The van der Waals surface area contributed by atoms with Gasteiger partial charge in [-0.15, -0.1) is 0 Å². The minimum Gasteiger partial charge on any atom is -0.383 e. The van der Waals surface area contributed by atoms with E-state index in [0.717, 1.165) is 5.56 Å². The fourth-order valence-electron chi connectivity index (χ4n) is 2.54. The standard InChI is InChI=1S/C22H17FN4O2/c1-13-5-8-19(23)18(9-13)22(29)27-17-4-2-3-14(10-17)6-7-15-11-16(21(25)28)12-26-20(15)24/h2-5,8-12H,1H3,(H2,24,26)(H2,25,28)(H,27,29). The molecule has 3 rings (SSSR count).